The lowest BCUT2D eigenvalue weighted by molar-refractivity contribution is 0.634. The van der Waals surface area contributed by atoms with Gasteiger partial charge in [0.2, 0.25) is 0 Å². The van der Waals surface area contributed by atoms with Gasteiger partial charge < -0.3 is 8.83 Å². The molecule has 0 N–H and O–H groups in total. The average molecular weight is 478 g/mol. The van der Waals surface area contributed by atoms with Gasteiger partial charge in [0.15, 0.2) is 17.0 Å². The number of hydrogen-bond acceptors (Lipinski definition) is 4. The molecule has 174 valence electrons. The van der Waals surface area contributed by atoms with E-state index in [2.05, 4.69) is 28.8 Å². The van der Waals surface area contributed by atoms with Crippen molar-refractivity contribution in [3.05, 3.63) is 115 Å². The van der Waals surface area contributed by atoms with E-state index in [0.717, 1.165) is 55.6 Å². The quantitative estimate of drug-likeness (QED) is 0.256. The van der Waals surface area contributed by atoms with Crippen molar-refractivity contribution in [2.45, 2.75) is 0 Å². The number of furan rings is 2. The predicted molar refractivity (Wildman–Crippen MR) is 147 cm³/mol. The molecule has 0 unspecified atom stereocenters. The molecular formula is C32H19N3O2. The second-order valence-electron chi connectivity index (χ2n) is 9.05. The zero-order valence-electron chi connectivity index (χ0n) is 19.6. The second kappa shape index (κ2) is 7.67. The summed E-state index contributed by atoms with van der Waals surface area (Å²) in [6.07, 6.45) is 0. The lowest BCUT2D eigenvalue weighted by Crippen LogP contribution is -2.02. The first-order valence-corrected chi connectivity index (χ1v) is 12.2. The van der Waals surface area contributed by atoms with E-state index in [0.29, 0.717) is 17.0 Å². The van der Waals surface area contributed by atoms with E-state index < -0.39 is 0 Å². The fourth-order valence-corrected chi connectivity index (χ4v) is 5.18. The summed E-state index contributed by atoms with van der Waals surface area (Å²) < 4.78 is 14.9. The lowest BCUT2D eigenvalue weighted by atomic mass is 10.1. The molecule has 0 saturated heterocycles. The summed E-state index contributed by atoms with van der Waals surface area (Å²) in [6, 6.07) is 38.5. The first-order chi connectivity index (χ1) is 18.3. The van der Waals surface area contributed by atoms with E-state index in [1.807, 2.05) is 91.0 Å². The molecule has 0 amide bonds. The molecule has 0 spiro atoms. The van der Waals surface area contributed by atoms with Crippen LogP contribution >= 0.6 is 0 Å². The van der Waals surface area contributed by atoms with Gasteiger partial charge in [-0.05, 0) is 24.3 Å². The van der Waals surface area contributed by atoms with Crippen LogP contribution in [-0.4, -0.2) is 14.5 Å². The van der Waals surface area contributed by atoms with Crippen LogP contribution in [0, 0.1) is 0 Å². The Kier molecular flexibility index (Phi) is 4.16. The Balaban J connectivity index is 1.54. The van der Waals surface area contributed by atoms with Crippen molar-refractivity contribution < 1.29 is 8.83 Å². The number of aromatic nitrogens is 3. The van der Waals surface area contributed by atoms with E-state index in [1.165, 1.54) is 0 Å². The van der Waals surface area contributed by atoms with Gasteiger partial charge in [-0.2, -0.15) is 0 Å². The van der Waals surface area contributed by atoms with Gasteiger partial charge in [0.25, 0.3) is 0 Å². The Labute approximate surface area is 211 Å². The van der Waals surface area contributed by atoms with Crippen molar-refractivity contribution in [2.24, 2.45) is 0 Å². The third-order valence-corrected chi connectivity index (χ3v) is 6.84. The van der Waals surface area contributed by atoms with E-state index in [4.69, 9.17) is 18.8 Å². The fourth-order valence-electron chi connectivity index (χ4n) is 5.18. The van der Waals surface area contributed by atoms with Crippen molar-refractivity contribution in [3.63, 3.8) is 0 Å². The number of benzene rings is 4. The monoisotopic (exact) mass is 477 g/mol. The van der Waals surface area contributed by atoms with Crippen LogP contribution in [0.4, 0.5) is 0 Å². The largest absolute Gasteiger partial charge is 0.450 e. The van der Waals surface area contributed by atoms with Crippen LogP contribution in [0.2, 0.25) is 0 Å². The molecular weight excluding hydrogens is 458 g/mol. The van der Waals surface area contributed by atoms with Gasteiger partial charge in [-0.1, -0.05) is 84.9 Å². The van der Waals surface area contributed by atoms with Crippen molar-refractivity contribution in [2.75, 3.05) is 0 Å². The molecule has 4 aromatic carbocycles. The SMILES string of the molecule is c1ccc(-c2cc(-n3c4c5ccccc5oc4c4oc5ccccc5c43)nc(-c3ccccc3)n2)cc1. The molecule has 5 nitrogen and oxygen atoms in total. The third kappa shape index (κ3) is 2.98. The van der Waals surface area contributed by atoms with E-state index >= 15 is 0 Å². The minimum absolute atomic E-state index is 0.660. The summed E-state index contributed by atoms with van der Waals surface area (Å²) >= 11 is 0. The summed E-state index contributed by atoms with van der Waals surface area (Å²) in [5.41, 5.74) is 7.75. The van der Waals surface area contributed by atoms with E-state index in [1.54, 1.807) is 0 Å². The molecule has 8 rings (SSSR count). The summed E-state index contributed by atoms with van der Waals surface area (Å²) in [5.74, 6) is 1.42. The Morgan fingerprint density at radius 1 is 0.514 bits per heavy atom. The summed E-state index contributed by atoms with van der Waals surface area (Å²) in [5, 5.41) is 2.02. The van der Waals surface area contributed by atoms with Gasteiger partial charge in [0.05, 0.1) is 5.69 Å². The van der Waals surface area contributed by atoms with Gasteiger partial charge in [0.1, 0.15) is 28.0 Å². The molecule has 0 aliphatic rings. The van der Waals surface area contributed by atoms with Crippen LogP contribution in [0.1, 0.15) is 0 Å². The number of rotatable bonds is 3. The molecule has 4 aromatic heterocycles. The Morgan fingerprint density at radius 2 is 1.03 bits per heavy atom. The van der Waals surface area contributed by atoms with E-state index in [9.17, 15) is 0 Å². The topological polar surface area (TPSA) is 57.0 Å². The van der Waals surface area contributed by atoms with Crippen molar-refractivity contribution in [1.29, 1.82) is 0 Å². The minimum Gasteiger partial charge on any atom is -0.450 e. The molecule has 4 heterocycles. The molecule has 0 fully saturated rings. The van der Waals surface area contributed by atoms with E-state index in [-0.39, 0.29) is 0 Å². The Bertz CT molecular complexity index is 1940. The van der Waals surface area contributed by atoms with Crippen molar-refractivity contribution in [1.82, 2.24) is 14.5 Å². The third-order valence-electron chi connectivity index (χ3n) is 6.84. The number of fused-ring (bicyclic) bond motifs is 7. The minimum atomic E-state index is 0.660. The maximum absolute atomic E-state index is 6.37. The van der Waals surface area contributed by atoms with Gasteiger partial charge in [-0.25, -0.2) is 9.97 Å². The van der Waals surface area contributed by atoms with Crippen LogP contribution in [0.3, 0.4) is 0 Å². The van der Waals surface area contributed by atoms with Gasteiger partial charge in [-0.15, -0.1) is 0 Å². The zero-order chi connectivity index (χ0) is 24.3. The number of para-hydroxylation sites is 2. The molecule has 0 aliphatic carbocycles. The normalized spacial score (nSPS) is 11.8. The molecule has 0 radical (unpaired) electrons. The summed E-state index contributed by atoms with van der Waals surface area (Å²) in [6.45, 7) is 0. The molecule has 37 heavy (non-hydrogen) atoms. The molecule has 8 aromatic rings. The highest BCUT2D eigenvalue weighted by Gasteiger charge is 2.25. The molecule has 0 saturated carbocycles. The van der Waals surface area contributed by atoms with Gasteiger partial charge in [0, 0.05) is 28.0 Å². The fraction of sp³-hybridized carbons (Fsp3) is 0. The van der Waals surface area contributed by atoms with Crippen LogP contribution in [0.5, 0.6) is 0 Å². The van der Waals surface area contributed by atoms with Gasteiger partial charge >= 0.3 is 0 Å². The Morgan fingerprint density at radius 3 is 1.62 bits per heavy atom. The van der Waals surface area contributed by atoms with Crippen molar-refractivity contribution >= 4 is 44.1 Å². The standard InChI is InChI=1S/C32H19N3O2/c1-3-11-20(12-4-1)24-19-27(34-32(33-24)21-13-5-2-6-14-21)35-28-22-15-7-9-17-25(22)36-30(28)31-29(35)23-16-8-10-18-26(23)37-31/h1-19H. The van der Waals surface area contributed by atoms with Crippen LogP contribution < -0.4 is 0 Å². The average Bonchev–Trinajstić information content (AvgIpc) is 3.62. The first-order valence-electron chi connectivity index (χ1n) is 12.2. The predicted octanol–water partition coefficient (Wildman–Crippen LogP) is 8.40. The highest BCUT2D eigenvalue weighted by Crippen LogP contribution is 2.43. The van der Waals surface area contributed by atoms with Crippen LogP contribution in [0.25, 0.3) is 72.6 Å². The highest BCUT2D eigenvalue weighted by molar-refractivity contribution is 6.20. The molecule has 0 atom stereocenters. The maximum atomic E-state index is 6.37. The maximum Gasteiger partial charge on any atom is 0.196 e. The Hall–Kier alpha value is -5.16. The van der Waals surface area contributed by atoms with Crippen LogP contribution in [-0.2, 0) is 0 Å². The second-order valence-corrected chi connectivity index (χ2v) is 9.05. The molecule has 0 bridgehead atoms. The zero-order valence-corrected chi connectivity index (χ0v) is 19.6. The lowest BCUT2D eigenvalue weighted by Gasteiger charge is -2.11. The smallest absolute Gasteiger partial charge is 0.196 e. The number of nitrogens with zero attached hydrogens (tertiary/aromatic N) is 3. The molecule has 5 heteroatoms. The summed E-state index contributed by atoms with van der Waals surface area (Å²) in [7, 11) is 0. The first kappa shape index (κ1) is 20.1. The summed E-state index contributed by atoms with van der Waals surface area (Å²) in [4.78, 5) is 10.1. The molecule has 0 aliphatic heterocycles. The van der Waals surface area contributed by atoms with Crippen molar-refractivity contribution in [3.8, 4) is 28.5 Å². The van der Waals surface area contributed by atoms with Crippen LogP contribution in [0.15, 0.2) is 124 Å². The number of hydrogen-bond donors (Lipinski definition) is 0. The van der Waals surface area contributed by atoms with Gasteiger partial charge in [-0.3, -0.25) is 4.57 Å². The highest BCUT2D eigenvalue weighted by atomic mass is 16.4.